The van der Waals surface area contributed by atoms with Crippen molar-refractivity contribution < 1.29 is 0 Å². The molecule has 4 N–H and O–H groups in total. The third kappa shape index (κ3) is 3.02. The van der Waals surface area contributed by atoms with Gasteiger partial charge in [0, 0.05) is 23.3 Å². The lowest BCUT2D eigenvalue weighted by Gasteiger charge is -2.21. The van der Waals surface area contributed by atoms with Crippen molar-refractivity contribution in [1.82, 2.24) is 9.55 Å². The summed E-state index contributed by atoms with van der Waals surface area (Å²) < 4.78 is 2.21. The van der Waals surface area contributed by atoms with Crippen molar-refractivity contribution >= 4 is 16.7 Å². The number of rotatable bonds is 3. The summed E-state index contributed by atoms with van der Waals surface area (Å²) in [7, 11) is 0. The molecular formula is C20H26N4. The molecule has 3 rings (SSSR count). The van der Waals surface area contributed by atoms with Gasteiger partial charge in [-0.25, -0.2) is 4.98 Å². The van der Waals surface area contributed by atoms with E-state index in [1.54, 1.807) is 0 Å². The number of benzene rings is 2. The van der Waals surface area contributed by atoms with Crippen molar-refractivity contribution in [3.05, 3.63) is 47.0 Å². The smallest absolute Gasteiger partial charge is 0.141 e. The molecule has 0 aliphatic rings. The van der Waals surface area contributed by atoms with Gasteiger partial charge in [0.2, 0.25) is 0 Å². The Kier molecular flexibility index (Phi) is 3.88. The maximum atomic E-state index is 6.31. The van der Waals surface area contributed by atoms with Crippen LogP contribution >= 0.6 is 0 Å². The van der Waals surface area contributed by atoms with Gasteiger partial charge in [-0.2, -0.15) is 0 Å². The lowest BCUT2D eigenvalue weighted by atomic mass is 10.1. The summed E-state index contributed by atoms with van der Waals surface area (Å²) in [6.07, 6.45) is 0. The van der Waals surface area contributed by atoms with E-state index in [4.69, 9.17) is 16.5 Å². The van der Waals surface area contributed by atoms with Gasteiger partial charge in [-0.05, 0) is 69.5 Å². The zero-order valence-electron chi connectivity index (χ0n) is 15.1. The third-order valence-corrected chi connectivity index (χ3v) is 4.47. The maximum absolute atomic E-state index is 6.31. The minimum atomic E-state index is -0.336. The molecule has 0 bridgehead atoms. The standard InChI is InChI=1S/C20H26N4/c1-12-6-7-15(10-16(12)21)19-23-17-8-13(2)14(3)9-18(17)24(19)11-20(4,5)22/h6-10H,11,21-22H2,1-5H3. The van der Waals surface area contributed by atoms with Crippen molar-refractivity contribution in [3.8, 4) is 11.4 Å². The summed E-state index contributed by atoms with van der Waals surface area (Å²) in [6, 6.07) is 10.5. The van der Waals surface area contributed by atoms with Crippen LogP contribution in [0.2, 0.25) is 0 Å². The summed E-state index contributed by atoms with van der Waals surface area (Å²) >= 11 is 0. The van der Waals surface area contributed by atoms with E-state index in [9.17, 15) is 0 Å². The van der Waals surface area contributed by atoms with Crippen LogP contribution < -0.4 is 11.5 Å². The predicted octanol–water partition coefficient (Wildman–Crippen LogP) is 3.95. The maximum Gasteiger partial charge on any atom is 0.141 e. The molecule has 24 heavy (non-hydrogen) atoms. The van der Waals surface area contributed by atoms with Crippen LogP contribution in [-0.2, 0) is 6.54 Å². The number of anilines is 1. The van der Waals surface area contributed by atoms with Gasteiger partial charge in [0.05, 0.1) is 11.0 Å². The highest BCUT2D eigenvalue weighted by molar-refractivity contribution is 5.83. The highest BCUT2D eigenvalue weighted by Gasteiger charge is 2.19. The fourth-order valence-electron chi connectivity index (χ4n) is 2.95. The molecule has 0 atom stereocenters. The van der Waals surface area contributed by atoms with Crippen LogP contribution in [0.3, 0.4) is 0 Å². The van der Waals surface area contributed by atoms with E-state index in [-0.39, 0.29) is 5.54 Å². The number of hydrogen-bond acceptors (Lipinski definition) is 3. The molecule has 0 saturated carbocycles. The zero-order chi connectivity index (χ0) is 17.6. The van der Waals surface area contributed by atoms with Crippen LogP contribution in [0.25, 0.3) is 22.4 Å². The summed E-state index contributed by atoms with van der Waals surface area (Å²) in [6.45, 7) is 11.0. The van der Waals surface area contributed by atoms with Crippen molar-refractivity contribution in [2.45, 2.75) is 46.7 Å². The van der Waals surface area contributed by atoms with E-state index in [2.05, 4.69) is 36.6 Å². The molecule has 3 aromatic rings. The molecule has 0 fully saturated rings. The fraction of sp³-hybridized carbons (Fsp3) is 0.350. The number of hydrogen-bond donors (Lipinski definition) is 2. The van der Waals surface area contributed by atoms with Crippen molar-refractivity contribution in [3.63, 3.8) is 0 Å². The number of aromatic nitrogens is 2. The fourth-order valence-corrected chi connectivity index (χ4v) is 2.95. The lowest BCUT2D eigenvalue weighted by Crippen LogP contribution is -2.37. The van der Waals surface area contributed by atoms with E-state index in [0.717, 1.165) is 33.7 Å². The zero-order valence-corrected chi connectivity index (χ0v) is 15.1. The Hall–Kier alpha value is -2.33. The summed E-state index contributed by atoms with van der Waals surface area (Å²) in [5, 5.41) is 0. The van der Waals surface area contributed by atoms with E-state index >= 15 is 0 Å². The van der Waals surface area contributed by atoms with Crippen LogP contribution in [0.5, 0.6) is 0 Å². The number of imidazole rings is 1. The lowest BCUT2D eigenvalue weighted by molar-refractivity contribution is 0.442. The number of nitrogen functional groups attached to an aromatic ring is 1. The van der Waals surface area contributed by atoms with Crippen LogP contribution in [0.1, 0.15) is 30.5 Å². The average molecular weight is 322 g/mol. The molecule has 0 amide bonds. The summed E-state index contributed by atoms with van der Waals surface area (Å²) in [5.41, 5.74) is 19.6. The molecule has 4 heteroatoms. The van der Waals surface area contributed by atoms with Crippen molar-refractivity contribution in [2.24, 2.45) is 5.73 Å². The minimum absolute atomic E-state index is 0.336. The van der Waals surface area contributed by atoms with Gasteiger partial charge in [-0.15, -0.1) is 0 Å². The third-order valence-electron chi connectivity index (χ3n) is 4.47. The Morgan fingerprint density at radius 2 is 1.67 bits per heavy atom. The Labute approximate surface area is 143 Å². The first-order chi connectivity index (χ1) is 11.2. The van der Waals surface area contributed by atoms with E-state index < -0.39 is 0 Å². The highest BCUT2D eigenvalue weighted by atomic mass is 15.1. The van der Waals surface area contributed by atoms with Crippen LogP contribution in [0, 0.1) is 20.8 Å². The Balaban J connectivity index is 2.29. The molecule has 126 valence electrons. The summed E-state index contributed by atoms with van der Waals surface area (Å²) in [4.78, 5) is 4.89. The van der Waals surface area contributed by atoms with Gasteiger partial charge >= 0.3 is 0 Å². The first-order valence-electron chi connectivity index (χ1n) is 8.28. The van der Waals surface area contributed by atoms with Gasteiger partial charge in [0.25, 0.3) is 0 Å². The van der Waals surface area contributed by atoms with Crippen LogP contribution in [0.15, 0.2) is 30.3 Å². The molecule has 0 aliphatic carbocycles. The van der Waals surface area contributed by atoms with Gasteiger partial charge in [-0.1, -0.05) is 12.1 Å². The van der Waals surface area contributed by atoms with E-state index in [1.165, 1.54) is 11.1 Å². The monoisotopic (exact) mass is 322 g/mol. The second kappa shape index (κ2) is 5.64. The van der Waals surface area contributed by atoms with Crippen molar-refractivity contribution in [2.75, 3.05) is 5.73 Å². The quantitative estimate of drug-likeness (QED) is 0.717. The first-order valence-corrected chi connectivity index (χ1v) is 8.28. The highest BCUT2D eigenvalue weighted by Crippen LogP contribution is 2.29. The van der Waals surface area contributed by atoms with Gasteiger partial charge in [0.1, 0.15) is 5.82 Å². The van der Waals surface area contributed by atoms with Crippen LogP contribution in [-0.4, -0.2) is 15.1 Å². The molecule has 0 aliphatic heterocycles. The number of nitrogens with two attached hydrogens (primary N) is 2. The molecule has 1 heterocycles. The predicted molar refractivity (Wildman–Crippen MR) is 102 cm³/mol. The number of nitrogens with zero attached hydrogens (tertiary/aromatic N) is 2. The largest absolute Gasteiger partial charge is 0.398 e. The Morgan fingerprint density at radius 3 is 2.29 bits per heavy atom. The molecule has 0 saturated heterocycles. The number of aryl methyl sites for hydroxylation is 3. The topological polar surface area (TPSA) is 69.9 Å². The molecule has 1 aromatic heterocycles. The number of fused-ring (bicyclic) bond motifs is 1. The molecule has 0 radical (unpaired) electrons. The molecule has 0 spiro atoms. The molecule has 2 aromatic carbocycles. The summed E-state index contributed by atoms with van der Waals surface area (Å²) in [5.74, 6) is 0.917. The average Bonchev–Trinajstić information content (AvgIpc) is 2.79. The molecule has 0 unspecified atom stereocenters. The van der Waals surface area contributed by atoms with Gasteiger partial charge < -0.3 is 16.0 Å². The van der Waals surface area contributed by atoms with E-state index in [1.807, 2.05) is 32.9 Å². The Bertz CT molecular complexity index is 914. The second-order valence-electron chi connectivity index (χ2n) is 7.51. The van der Waals surface area contributed by atoms with Crippen molar-refractivity contribution in [1.29, 1.82) is 0 Å². The Morgan fingerprint density at radius 1 is 1.00 bits per heavy atom. The first kappa shape index (κ1) is 16.5. The normalized spacial score (nSPS) is 12.1. The van der Waals surface area contributed by atoms with Gasteiger partial charge in [-0.3, -0.25) is 0 Å². The SMILES string of the molecule is Cc1cc2nc(-c3ccc(C)c(N)c3)n(CC(C)(C)N)c2cc1C. The van der Waals surface area contributed by atoms with Gasteiger partial charge in [0.15, 0.2) is 0 Å². The second-order valence-corrected chi connectivity index (χ2v) is 7.51. The molecular weight excluding hydrogens is 296 g/mol. The minimum Gasteiger partial charge on any atom is -0.398 e. The molecule has 4 nitrogen and oxygen atoms in total. The van der Waals surface area contributed by atoms with Crippen LogP contribution in [0.4, 0.5) is 5.69 Å². The van der Waals surface area contributed by atoms with E-state index in [0.29, 0.717) is 6.54 Å².